The number of nitrogens with zero attached hydrogens (tertiary/aromatic N) is 3. The van der Waals surface area contributed by atoms with Gasteiger partial charge < -0.3 is 9.64 Å². The minimum absolute atomic E-state index is 0.106. The van der Waals surface area contributed by atoms with Gasteiger partial charge in [0.05, 0.1) is 11.1 Å². The van der Waals surface area contributed by atoms with Crippen molar-refractivity contribution < 1.29 is 14.3 Å². The Morgan fingerprint density at radius 1 is 1.23 bits per heavy atom. The van der Waals surface area contributed by atoms with E-state index in [1.165, 1.54) is 0 Å². The Bertz CT molecular complexity index is 956. The van der Waals surface area contributed by atoms with Crippen LogP contribution >= 0.6 is 0 Å². The van der Waals surface area contributed by atoms with Gasteiger partial charge in [0.2, 0.25) is 0 Å². The van der Waals surface area contributed by atoms with E-state index in [9.17, 15) is 9.59 Å². The lowest BCUT2D eigenvalue weighted by Gasteiger charge is -2.33. The minimum atomic E-state index is -0.422. The van der Waals surface area contributed by atoms with E-state index in [1.807, 2.05) is 29.2 Å². The van der Waals surface area contributed by atoms with Crippen LogP contribution in [0.3, 0.4) is 0 Å². The second-order valence-corrected chi connectivity index (χ2v) is 8.91. The van der Waals surface area contributed by atoms with Crippen LogP contribution in [-0.4, -0.2) is 58.9 Å². The third-order valence-electron chi connectivity index (χ3n) is 6.35. The number of aromatic nitrogens is 1. The van der Waals surface area contributed by atoms with Crippen molar-refractivity contribution in [2.24, 2.45) is 5.92 Å². The standard InChI is InChI=1S/C24H31N3O3/c1-16(2)26-12-10-21-19(14-26)23(18-8-4-5-9-20(18)25-21)24(29)30-15-22(28)27-11-6-7-17(3)13-27/h4-5,8-9,16-17H,6-7,10-15H2,1-3H3. The summed E-state index contributed by atoms with van der Waals surface area (Å²) in [5.41, 5.74) is 3.28. The zero-order valence-electron chi connectivity index (χ0n) is 18.2. The number of piperidine rings is 1. The molecular weight excluding hydrogens is 378 g/mol. The summed E-state index contributed by atoms with van der Waals surface area (Å²) in [5, 5.41) is 0.797. The van der Waals surface area contributed by atoms with Crippen molar-refractivity contribution in [3.8, 4) is 0 Å². The average Bonchev–Trinajstić information content (AvgIpc) is 2.75. The third kappa shape index (κ3) is 4.19. The van der Waals surface area contributed by atoms with Crippen LogP contribution in [0.4, 0.5) is 0 Å². The Hall–Kier alpha value is -2.47. The number of carbonyl (C=O) groups excluding carboxylic acids is 2. The molecule has 0 radical (unpaired) electrons. The molecule has 0 spiro atoms. The maximum absolute atomic E-state index is 13.2. The van der Waals surface area contributed by atoms with E-state index in [0.29, 0.717) is 24.1 Å². The maximum atomic E-state index is 13.2. The van der Waals surface area contributed by atoms with Gasteiger partial charge in [0.25, 0.3) is 5.91 Å². The molecule has 1 fully saturated rings. The molecule has 0 bridgehead atoms. The predicted octanol–water partition coefficient (Wildman–Crippen LogP) is 3.42. The minimum Gasteiger partial charge on any atom is -0.452 e. The lowest BCUT2D eigenvalue weighted by atomic mass is 9.95. The Balaban J connectivity index is 1.60. The zero-order valence-corrected chi connectivity index (χ0v) is 18.2. The van der Waals surface area contributed by atoms with E-state index < -0.39 is 5.97 Å². The number of para-hydroxylation sites is 1. The Kier molecular flexibility index (Phi) is 6.04. The second-order valence-electron chi connectivity index (χ2n) is 8.91. The summed E-state index contributed by atoms with van der Waals surface area (Å²) >= 11 is 0. The first-order valence-electron chi connectivity index (χ1n) is 11.0. The van der Waals surface area contributed by atoms with Gasteiger partial charge in [-0.25, -0.2) is 4.79 Å². The molecule has 4 rings (SSSR count). The number of esters is 1. The SMILES string of the molecule is CC1CCCN(C(=O)COC(=O)c2c3c(nc4ccccc24)CCN(C(C)C)C3)C1. The topological polar surface area (TPSA) is 62.7 Å². The number of likely N-dealkylation sites (tertiary alicyclic amines) is 1. The first kappa shape index (κ1) is 20.8. The molecule has 2 aliphatic rings. The van der Waals surface area contributed by atoms with E-state index in [0.717, 1.165) is 61.1 Å². The molecule has 1 aromatic heterocycles. The molecule has 1 amide bonds. The van der Waals surface area contributed by atoms with E-state index in [4.69, 9.17) is 9.72 Å². The van der Waals surface area contributed by atoms with Gasteiger partial charge in [-0.3, -0.25) is 14.7 Å². The van der Waals surface area contributed by atoms with Gasteiger partial charge in [0.1, 0.15) is 0 Å². The normalized spacial score (nSPS) is 19.7. The highest BCUT2D eigenvalue weighted by Gasteiger charge is 2.28. The number of fused-ring (bicyclic) bond motifs is 2. The van der Waals surface area contributed by atoms with Gasteiger partial charge in [-0.15, -0.1) is 0 Å². The number of benzene rings is 1. The number of hydrogen-bond acceptors (Lipinski definition) is 5. The summed E-state index contributed by atoms with van der Waals surface area (Å²) in [6, 6.07) is 8.08. The van der Waals surface area contributed by atoms with Crippen LogP contribution in [-0.2, 0) is 22.5 Å². The first-order chi connectivity index (χ1) is 14.4. The highest BCUT2D eigenvalue weighted by Crippen LogP contribution is 2.29. The molecule has 0 saturated carbocycles. The molecule has 160 valence electrons. The molecule has 3 heterocycles. The summed E-state index contributed by atoms with van der Waals surface area (Å²) < 4.78 is 5.57. The average molecular weight is 410 g/mol. The van der Waals surface area contributed by atoms with Gasteiger partial charge in [-0.2, -0.15) is 0 Å². The fourth-order valence-corrected chi connectivity index (χ4v) is 4.59. The number of pyridine rings is 1. The van der Waals surface area contributed by atoms with Gasteiger partial charge >= 0.3 is 5.97 Å². The molecule has 1 aromatic carbocycles. The molecule has 30 heavy (non-hydrogen) atoms. The van der Waals surface area contributed by atoms with Crippen molar-refractivity contribution in [3.63, 3.8) is 0 Å². The molecule has 1 saturated heterocycles. The van der Waals surface area contributed by atoms with E-state index >= 15 is 0 Å². The fraction of sp³-hybridized carbons (Fsp3) is 0.542. The molecule has 2 aliphatic heterocycles. The molecular formula is C24H31N3O3. The number of ether oxygens (including phenoxy) is 1. The van der Waals surface area contributed by atoms with Gasteiger partial charge in [0, 0.05) is 55.3 Å². The molecule has 0 N–H and O–H groups in total. The van der Waals surface area contributed by atoms with E-state index in [1.54, 1.807) is 0 Å². The molecule has 0 aliphatic carbocycles. The molecule has 6 nitrogen and oxygen atoms in total. The predicted molar refractivity (Wildman–Crippen MR) is 116 cm³/mol. The Labute approximate surface area is 178 Å². The van der Waals surface area contributed by atoms with Crippen LogP contribution < -0.4 is 0 Å². The highest BCUT2D eigenvalue weighted by atomic mass is 16.5. The van der Waals surface area contributed by atoms with Crippen molar-refractivity contribution in [1.29, 1.82) is 0 Å². The van der Waals surface area contributed by atoms with Crippen molar-refractivity contribution in [1.82, 2.24) is 14.8 Å². The highest BCUT2D eigenvalue weighted by molar-refractivity contribution is 6.05. The van der Waals surface area contributed by atoms with Gasteiger partial charge in [0.15, 0.2) is 6.61 Å². The van der Waals surface area contributed by atoms with Crippen LogP contribution in [0.1, 0.15) is 55.2 Å². The van der Waals surface area contributed by atoms with Crippen LogP contribution in [0, 0.1) is 5.92 Å². The summed E-state index contributed by atoms with van der Waals surface area (Å²) in [4.78, 5) is 34.8. The molecule has 6 heteroatoms. The largest absolute Gasteiger partial charge is 0.452 e. The summed E-state index contributed by atoms with van der Waals surface area (Å²) in [5.74, 6) is -0.0311. The lowest BCUT2D eigenvalue weighted by Crippen LogP contribution is -2.41. The molecule has 1 unspecified atom stereocenters. The second kappa shape index (κ2) is 8.72. The summed E-state index contributed by atoms with van der Waals surface area (Å²) in [7, 11) is 0. The smallest absolute Gasteiger partial charge is 0.339 e. The quantitative estimate of drug-likeness (QED) is 0.724. The number of hydrogen-bond donors (Lipinski definition) is 0. The number of carbonyl (C=O) groups is 2. The number of rotatable bonds is 4. The molecule has 1 atom stereocenters. The van der Waals surface area contributed by atoms with Crippen molar-refractivity contribution >= 4 is 22.8 Å². The lowest BCUT2D eigenvalue weighted by molar-refractivity contribution is -0.136. The Morgan fingerprint density at radius 2 is 2.03 bits per heavy atom. The van der Waals surface area contributed by atoms with Crippen LogP contribution in [0.25, 0.3) is 10.9 Å². The Morgan fingerprint density at radius 3 is 2.80 bits per heavy atom. The summed E-state index contributed by atoms with van der Waals surface area (Å²) in [6.07, 6.45) is 2.96. The number of amides is 1. The monoisotopic (exact) mass is 409 g/mol. The van der Waals surface area contributed by atoms with E-state index in [2.05, 4.69) is 25.7 Å². The van der Waals surface area contributed by atoms with Crippen molar-refractivity contribution in [3.05, 3.63) is 41.1 Å². The first-order valence-corrected chi connectivity index (χ1v) is 11.0. The molecule has 2 aromatic rings. The van der Waals surface area contributed by atoms with Gasteiger partial charge in [-0.1, -0.05) is 25.1 Å². The third-order valence-corrected chi connectivity index (χ3v) is 6.35. The van der Waals surface area contributed by atoms with Crippen LogP contribution in [0.15, 0.2) is 24.3 Å². The maximum Gasteiger partial charge on any atom is 0.339 e. The van der Waals surface area contributed by atoms with Crippen LogP contribution in [0.2, 0.25) is 0 Å². The van der Waals surface area contributed by atoms with Crippen molar-refractivity contribution in [2.45, 2.75) is 52.6 Å². The van der Waals surface area contributed by atoms with Crippen LogP contribution in [0.5, 0.6) is 0 Å². The van der Waals surface area contributed by atoms with E-state index in [-0.39, 0.29) is 12.5 Å². The zero-order chi connectivity index (χ0) is 21.3. The van der Waals surface area contributed by atoms with Gasteiger partial charge in [-0.05, 0) is 38.7 Å². The summed E-state index contributed by atoms with van der Waals surface area (Å²) in [6.45, 7) is 9.37. The fourth-order valence-electron chi connectivity index (χ4n) is 4.59. The van der Waals surface area contributed by atoms with Crippen molar-refractivity contribution in [2.75, 3.05) is 26.2 Å².